The van der Waals surface area contributed by atoms with Crippen LogP contribution < -0.4 is 5.32 Å². The standard InChI is InChI=1S/C27H28N4O2S/c1-19-5-2-3-6-22(19)17-31-25-16-28-13-12-24(25)30-27(31)34-18-20-8-10-21(11-9-20)26(32)29-15-23-7-4-14-33-23/h2-3,5-6,8-13,16,23H,4,7,14-15,17-18H2,1H3,(H,29,32)/t23-/m0/s1. The van der Waals surface area contributed by atoms with E-state index < -0.39 is 0 Å². The lowest BCUT2D eigenvalue weighted by atomic mass is 10.1. The van der Waals surface area contributed by atoms with Crippen LogP contribution in [0.25, 0.3) is 11.0 Å². The maximum atomic E-state index is 12.4. The van der Waals surface area contributed by atoms with Crippen LogP contribution in [0.4, 0.5) is 0 Å². The molecule has 0 saturated carbocycles. The lowest BCUT2D eigenvalue weighted by Crippen LogP contribution is -2.31. The number of thioether (sulfide) groups is 1. The third-order valence-corrected chi connectivity index (χ3v) is 7.25. The number of imidazole rings is 1. The molecule has 0 bridgehead atoms. The number of rotatable bonds is 8. The summed E-state index contributed by atoms with van der Waals surface area (Å²) < 4.78 is 7.82. The lowest BCUT2D eigenvalue weighted by Gasteiger charge is -2.12. The third kappa shape index (κ3) is 5.16. The maximum Gasteiger partial charge on any atom is 0.251 e. The zero-order valence-electron chi connectivity index (χ0n) is 19.2. The van der Waals surface area contributed by atoms with E-state index in [-0.39, 0.29) is 12.0 Å². The smallest absolute Gasteiger partial charge is 0.251 e. The van der Waals surface area contributed by atoms with Gasteiger partial charge in [-0.3, -0.25) is 9.78 Å². The number of fused-ring (bicyclic) bond motifs is 1. The Morgan fingerprint density at radius 2 is 2.03 bits per heavy atom. The first kappa shape index (κ1) is 22.6. The summed E-state index contributed by atoms with van der Waals surface area (Å²) in [6.07, 6.45) is 5.90. The van der Waals surface area contributed by atoms with Crippen LogP contribution >= 0.6 is 11.8 Å². The van der Waals surface area contributed by atoms with Gasteiger partial charge in [-0.05, 0) is 54.7 Å². The Kier molecular flexibility index (Phi) is 6.92. The van der Waals surface area contributed by atoms with Crippen LogP contribution in [0.1, 0.15) is 39.9 Å². The van der Waals surface area contributed by atoms with Crippen LogP contribution in [-0.4, -0.2) is 39.7 Å². The van der Waals surface area contributed by atoms with Crippen molar-refractivity contribution in [2.24, 2.45) is 0 Å². The van der Waals surface area contributed by atoms with Gasteiger partial charge in [-0.2, -0.15) is 0 Å². The minimum Gasteiger partial charge on any atom is -0.376 e. The molecule has 0 radical (unpaired) electrons. The van der Waals surface area contributed by atoms with Crippen molar-refractivity contribution in [3.63, 3.8) is 0 Å². The number of carbonyl (C=O) groups excluding carboxylic acids is 1. The molecule has 1 fully saturated rings. The molecule has 1 amide bonds. The molecule has 1 saturated heterocycles. The molecule has 34 heavy (non-hydrogen) atoms. The summed E-state index contributed by atoms with van der Waals surface area (Å²) in [5, 5.41) is 3.94. The summed E-state index contributed by atoms with van der Waals surface area (Å²) in [4.78, 5) is 21.6. The van der Waals surface area contributed by atoms with Gasteiger partial charge in [0.1, 0.15) is 0 Å². The van der Waals surface area contributed by atoms with E-state index in [1.807, 2.05) is 36.5 Å². The number of nitrogens with zero attached hydrogens (tertiary/aromatic N) is 3. The number of amides is 1. The number of ether oxygens (including phenoxy) is 1. The number of nitrogens with one attached hydrogen (secondary N) is 1. The first-order chi connectivity index (χ1) is 16.7. The fraction of sp³-hybridized carbons (Fsp3) is 0.296. The zero-order chi connectivity index (χ0) is 23.3. The number of hydrogen-bond acceptors (Lipinski definition) is 5. The molecule has 174 valence electrons. The van der Waals surface area contributed by atoms with E-state index in [9.17, 15) is 4.79 Å². The zero-order valence-corrected chi connectivity index (χ0v) is 20.1. The molecular formula is C27H28N4O2S. The average Bonchev–Trinajstić information content (AvgIpc) is 3.51. The number of pyridine rings is 1. The third-order valence-electron chi connectivity index (χ3n) is 6.20. The molecule has 5 rings (SSSR count). The Morgan fingerprint density at radius 1 is 1.18 bits per heavy atom. The summed E-state index contributed by atoms with van der Waals surface area (Å²) in [7, 11) is 0. The molecule has 1 N–H and O–H groups in total. The van der Waals surface area contributed by atoms with Crippen LogP contribution in [0.15, 0.2) is 72.1 Å². The first-order valence-electron chi connectivity index (χ1n) is 11.6. The minimum atomic E-state index is -0.0535. The summed E-state index contributed by atoms with van der Waals surface area (Å²) in [6, 6.07) is 18.2. The molecule has 3 heterocycles. The van der Waals surface area contributed by atoms with E-state index >= 15 is 0 Å². The second kappa shape index (κ2) is 10.4. The van der Waals surface area contributed by atoms with E-state index in [0.717, 1.165) is 53.5 Å². The van der Waals surface area contributed by atoms with Gasteiger partial charge >= 0.3 is 0 Å². The van der Waals surface area contributed by atoms with E-state index in [1.54, 1.807) is 18.0 Å². The van der Waals surface area contributed by atoms with E-state index in [4.69, 9.17) is 9.72 Å². The molecule has 6 nitrogen and oxygen atoms in total. The van der Waals surface area contributed by atoms with Crippen molar-refractivity contribution < 1.29 is 9.53 Å². The van der Waals surface area contributed by atoms with Crippen molar-refractivity contribution >= 4 is 28.7 Å². The van der Waals surface area contributed by atoms with Gasteiger partial charge in [0.2, 0.25) is 0 Å². The second-order valence-electron chi connectivity index (χ2n) is 8.60. The molecule has 1 aliphatic rings. The highest BCUT2D eigenvalue weighted by molar-refractivity contribution is 7.98. The van der Waals surface area contributed by atoms with Crippen molar-refractivity contribution in [1.82, 2.24) is 19.9 Å². The van der Waals surface area contributed by atoms with Crippen LogP contribution in [0.3, 0.4) is 0 Å². The number of hydrogen-bond donors (Lipinski definition) is 1. The van der Waals surface area contributed by atoms with Crippen molar-refractivity contribution in [1.29, 1.82) is 0 Å². The van der Waals surface area contributed by atoms with Gasteiger partial charge in [-0.15, -0.1) is 0 Å². The van der Waals surface area contributed by atoms with Gasteiger partial charge in [-0.1, -0.05) is 48.2 Å². The molecule has 1 atom stereocenters. The molecule has 1 aliphatic heterocycles. The average molecular weight is 473 g/mol. The Labute approximate surface area is 203 Å². The van der Waals surface area contributed by atoms with Gasteiger partial charge in [0.25, 0.3) is 5.91 Å². The number of aryl methyl sites for hydroxylation is 1. The first-order valence-corrected chi connectivity index (χ1v) is 12.6. The molecule has 7 heteroatoms. The van der Waals surface area contributed by atoms with E-state index in [0.29, 0.717) is 12.1 Å². The highest BCUT2D eigenvalue weighted by Gasteiger charge is 2.17. The van der Waals surface area contributed by atoms with Gasteiger partial charge < -0.3 is 14.6 Å². The summed E-state index contributed by atoms with van der Waals surface area (Å²) >= 11 is 1.70. The summed E-state index contributed by atoms with van der Waals surface area (Å²) in [5.74, 6) is 0.713. The molecule has 2 aromatic heterocycles. The molecular weight excluding hydrogens is 444 g/mol. The van der Waals surface area contributed by atoms with Crippen molar-refractivity contribution in [3.05, 3.63) is 89.2 Å². The quantitative estimate of drug-likeness (QED) is 0.366. The summed E-state index contributed by atoms with van der Waals surface area (Å²) in [5.41, 5.74) is 6.33. The lowest BCUT2D eigenvalue weighted by molar-refractivity contribution is 0.0858. The Morgan fingerprint density at radius 3 is 2.82 bits per heavy atom. The van der Waals surface area contributed by atoms with Crippen LogP contribution in [0.5, 0.6) is 0 Å². The van der Waals surface area contributed by atoms with Gasteiger partial charge in [0.15, 0.2) is 5.16 Å². The predicted molar refractivity (Wildman–Crippen MR) is 135 cm³/mol. The van der Waals surface area contributed by atoms with Crippen LogP contribution in [0, 0.1) is 6.92 Å². The predicted octanol–water partition coefficient (Wildman–Crippen LogP) is 4.99. The number of aromatic nitrogens is 3. The largest absolute Gasteiger partial charge is 0.376 e. The van der Waals surface area contributed by atoms with Gasteiger partial charge in [0.05, 0.1) is 29.9 Å². The fourth-order valence-electron chi connectivity index (χ4n) is 4.18. The molecule has 4 aromatic rings. The van der Waals surface area contributed by atoms with E-state index in [2.05, 4.69) is 46.1 Å². The van der Waals surface area contributed by atoms with E-state index in [1.165, 1.54) is 11.1 Å². The highest BCUT2D eigenvalue weighted by atomic mass is 32.2. The second-order valence-corrected chi connectivity index (χ2v) is 9.54. The maximum absolute atomic E-state index is 12.4. The molecule has 0 spiro atoms. The topological polar surface area (TPSA) is 69.0 Å². The Bertz CT molecular complexity index is 1280. The fourth-order valence-corrected chi connectivity index (χ4v) is 5.15. The minimum absolute atomic E-state index is 0.0535. The highest BCUT2D eigenvalue weighted by Crippen LogP contribution is 2.28. The Hall–Kier alpha value is -3.16. The van der Waals surface area contributed by atoms with Crippen LogP contribution in [-0.2, 0) is 17.0 Å². The molecule has 0 unspecified atom stereocenters. The Balaban J connectivity index is 1.27. The van der Waals surface area contributed by atoms with Gasteiger partial charge in [0, 0.05) is 30.7 Å². The molecule has 2 aromatic carbocycles. The monoisotopic (exact) mass is 472 g/mol. The normalized spacial score (nSPS) is 15.6. The number of benzene rings is 2. The van der Waals surface area contributed by atoms with Crippen LogP contribution in [0.2, 0.25) is 0 Å². The SMILES string of the molecule is Cc1ccccc1Cn1c(SCc2ccc(C(=O)NC[C@@H]3CCCO3)cc2)nc2ccncc21. The van der Waals surface area contributed by atoms with Crippen molar-refractivity contribution in [3.8, 4) is 0 Å². The van der Waals surface area contributed by atoms with Crippen molar-refractivity contribution in [2.45, 2.75) is 43.3 Å². The summed E-state index contributed by atoms with van der Waals surface area (Å²) in [6.45, 7) is 4.25. The van der Waals surface area contributed by atoms with Crippen molar-refractivity contribution in [2.75, 3.05) is 13.2 Å². The molecule has 0 aliphatic carbocycles. The van der Waals surface area contributed by atoms with Gasteiger partial charge in [-0.25, -0.2) is 4.98 Å². The number of carbonyl (C=O) groups is 1.